The molecule has 0 radical (unpaired) electrons. The van der Waals surface area contributed by atoms with Crippen molar-refractivity contribution in [3.63, 3.8) is 0 Å². The summed E-state index contributed by atoms with van der Waals surface area (Å²) in [6.45, 7) is 11.6. The van der Waals surface area contributed by atoms with Gasteiger partial charge in [0, 0.05) is 13.2 Å². The molecule has 0 spiro atoms. The summed E-state index contributed by atoms with van der Waals surface area (Å²) in [7, 11) is 0. The van der Waals surface area contributed by atoms with Crippen molar-refractivity contribution >= 4 is 11.9 Å². The second kappa shape index (κ2) is 19.1. The third-order valence-electron chi connectivity index (χ3n) is 3.97. The molecule has 166 valence electrons. The van der Waals surface area contributed by atoms with Crippen molar-refractivity contribution in [2.45, 2.75) is 40.5 Å². The molecule has 0 heterocycles. The van der Waals surface area contributed by atoms with Gasteiger partial charge in [0.1, 0.15) is 13.2 Å². The Bertz CT molecular complexity index is 388. The largest absolute Gasteiger partial charge is 0.463 e. The molecule has 0 aromatic heterocycles. The molecule has 0 aliphatic heterocycles. The van der Waals surface area contributed by atoms with Crippen LogP contribution in [0.5, 0.6) is 0 Å². The van der Waals surface area contributed by atoms with Crippen molar-refractivity contribution in [2.24, 2.45) is 11.8 Å². The lowest BCUT2D eigenvalue weighted by atomic mass is 9.90. The standard InChI is InChI=1S/C20H38O8/c1-5-8-18(20(22)28-16-14-26-12-10-24-7-3)17(4)19(21)27-15-13-25-11-9-23-6-2/h17-18H,5-16H2,1-4H3. The Labute approximate surface area is 169 Å². The molecule has 0 fully saturated rings. The number of hydrogen-bond donors (Lipinski definition) is 0. The Morgan fingerprint density at radius 1 is 0.643 bits per heavy atom. The van der Waals surface area contributed by atoms with Crippen LogP contribution < -0.4 is 0 Å². The van der Waals surface area contributed by atoms with E-state index < -0.39 is 23.8 Å². The molecular formula is C20H38O8. The molecule has 0 N–H and O–H groups in total. The summed E-state index contributed by atoms with van der Waals surface area (Å²) in [5, 5.41) is 0. The molecule has 0 aliphatic rings. The van der Waals surface area contributed by atoms with Crippen molar-refractivity contribution in [1.82, 2.24) is 0 Å². The molecule has 28 heavy (non-hydrogen) atoms. The van der Waals surface area contributed by atoms with Gasteiger partial charge in [0.2, 0.25) is 0 Å². The molecule has 0 aromatic rings. The number of ether oxygens (including phenoxy) is 6. The molecule has 0 aromatic carbocycles. The zero-order chi connectivity index (χ0) is 21.0. The number of hydrogen-bond acceptors (Lipinski definition) is 8. The van der Waals surface area contributed by atoms with E-state index >= 15 is 0 Å². The van der Waals surface area contributed by atoms with Crippen molar-refractivity contribution in [2.75, 3.05) is 66.1 Å². The van der Waals surface area contributed by atoms with E-state index in [0.717, 1.165) is 6.42 Å². The minimum atomic E-state index is -0.574. The summed E-state index contributed by atoms with van der Waals surface area (Å²) in [6, 6.07) is 0. The smallest absolute Gasteiger partial charge is 0.309 e. The van der Waals surface area contributed by atoms with Crippen LogP contribution in [-0.4, -0.2) is 78.0 Å². The Morgan fingerprint density at radius 3 is 1.54 bits per heavy atom. The second-order valence-corrected chi connectivity index (χ2v) is 6.14. The second-order valence-electron chi connectivity index (χ2n) is 6.14. The fraction of sp³-hybridized carbons (Fsp3) is 0.900. The lowest BCUT2D eigenvalue weighted by Crippen LogP contribution is -2.32. The molecule has 0 rings (SSSR count). The molecule has 0 amide bonds. The zero-order valence-corrected chi connectivity index (χ0v) is 17.9. The number of esters is 2. The van der Waals surface area contributed by atoms with E-state index in [1.165, 1.54) is 0 Å². The van der Waals surface area contributed by atoms with Crippen molar-refractivity contribution < 1.29 is 38.0 Å². The van der Waals surface area contributed by atoms with Crippen molar-refractivity contribution in [3.05, 3.63) is 0 Å². The first-order valence-corrected chi connectivity index (χ1v) is 10.2. The van der Waals surface area contributed by atoms with Crippen LogP contribution in [0.4, 0.5) is 0 Å². The number of carbonyl (C=O) groups excluding carboxylic acids is 2. The van der Waals surface area contributed by atoms with Crippen LogP contribution in [0, 0.1) is 11.8 Å². The number of rotatable bonds is 19. The normalized spacial score (nSPS) is 13.1. The van der Waals surface area contributed by atoms with Crippen molar-refractivity contribution in [1.29, 1.82) is 0 Å². The molecule has 2 atom stereocenters. The van der Waals surface area contributed by atoms with E-state index in [1.54, 1.807) is 6.92 Å². The highest BCUT2D eigenvalue weighted by atomic mass is 16.6. The van der Waals surface area contributed by atoms with Gasteiger partial charge < -0.3 is 28.4 Å². The minimum absolute atomic E-state index is 0.150. The monoisotopic (exact) mass is 406 g/mol. The van der Waals surface area contributed by atoms with Gasteiger partial charge in [0.05, 0.1) is 51.5 Å². The predicted molar refractivity (Wildman–Crippen MR) is 104 cm³/mol. The summed E-state index contributed by atoms with van der Waals surface area (Å²) in [6.07, 6.45) is 1.33. The van der Waals surface area contributed by atoms with Gasteiger partial charge in [-0.05, 0) is 20.3 Å². The third-order valence-corrected chi connectivity index (χ3v) is 3.97. The van der Waals surface area contributed by atoms with Gasteiger partial charge in [-0.2, -0.15) is 0 Å². The van der Waals surface area contributed by atoms with Gasteiger partial charge in [-0.3, -0.25) is 9.59 Å². The average molecular weight is 407 g/mol. The van der Waals surface area contributed by atoms with Gasteiger partial charge in [-0.25, -0.2) is 0 Å². The van der Waals surface area contributed by atoms with E-state index in [2.05, 4.69) is 0 Å². The molecule has 0 saturated heterocycles. The van der Waals surface area contributed by atoms with Crippen LogP contribution in [0.3, 0.4) is 0 Å². The first-order chi connectivity index (χ1) is 13.6. The van der Waals surface area contributed by atoms with Crippen LogP contribution in [-0.2, 0) is 38.0 Å². The molecule has 2 unspecified atom stereocenters. The van der Waals surface area contributed by atoms with E-state index in [0.29, 0.717) is 59.3 Å². The highest BCUT2D eigenvalue weighted by molar-refractivity contribution is 5.81. The van der Waals surface area contributed by atoms with E-state index in [4.69, 9.17) is 28.4 Å². The van der Waals surface area contributed by atoms with Crippen LogP contribution in [0.1, 0.15) is 40.5 Å². The van der Waals surface area contributed by atoms with Crippen LogP contribution in [0.25, 0.3) is 0 Å². The molecular weight excluding hydrogens is 368 g/mol. The summed E-state index contributed by atoms with van der Waals surface area (Å²) in [5.41, 5.74) is 0. The van der Waals surface area contributed by atoms with Crippen LogP contribution in [0.15, 0.2) is 0 Å². The fourth-order valence-corrected chi connectivity index (χ4v) is 2.42. The van der Waals surface area contributed by atoms with Gasteiger partial charge in [0.15, 0.2) is 0 Å². The molecule has 0 bridgehead atoms. The lowest BCUT2D eigenvalue weighted by Gasteiger charge is -2.21. The molecule has 8 nitrogen and oxygen atoms in total. The summed E-state index contributed by atoms with van der Waals surface area (Å²) < 4.78 is 31.4. The van der Waals surface area contributed by atoms with Gasteiger partial charge >= 0.3 is 11.9 Å². The maximum Gasteiger partial charge on any atom is 0.309 e. The van der Waals surface area contributed by atoms with Gasteiger partial charge in [-0.1, -0.05) is 20.3 Å². The maximum atomic E-state index is 12.3. The third kappa shape index (κ3) is 13.9. The Hall–Kier alpha value is -1.22. The Kier molecular flexibility index (Phi) is 18.3. The Balaban J connectivity index is 4.10. The van der Waals surface area contributed by atoms with Gasteiger partial charge in [0.25, 0.3) is 0 Å². The molecule has 0 saturated carbocycles. The lowest BCUT2D eigenvalue weighted by molar-refractivity contribution is -0.162. The minimum Gasteiger partial charge on any atom is -0.463 e. The SMILES string of the molecule is CCCC(C(=O)OCCOCCOCC)C(C)C(=O)OCCOCCOCC. The number of carbonyl (C=O) groups is 2. The summed E-state index contributed by atoms with van der Waals surface area (Å²) >= 11 is 0. The van der Waals surface area contributed by atoms with E-state index in [9.17, 15) is 9.59 Å². The van der Waals surface area contributed by atoms with E-state index in [1.807, 2.05) is 20.8 Å². The average Bonchev–Trinajstić information content (AvgIpc) is 2.69. The predicted octanol–water partition coefficient (Wildman–Crippen LogP) is 2.23. The molecule has 8 heteroatoms. The highest BCUT2D eigenvalue weighted by Gasteiger charge is 2.31. The van der Waals surface area contributed by atoms with Crippen LogP contribution in [0.2, 0.25) is 0 Å². The first-order valence-electron chi connectivity index (χ1n) is 10.2. The highest BCUT2D eigenvalue weighted by Crippen LogP contribution is 2.21. The summed E-state index contributed by atoms with van der Waals surface area (Å²) in [4.78, 5) is 24.6. The van der Waals surface area contributed by atoms with Crippen LogP contribution >= 0.6 is 0 Å². The van der Waals surface area contributed by atoms with Crippen molar-refractivity contribution in [3.8, 4) is 0 Å². The van der Waals surface area contributed by atoms with E-state index in [-0.39, 0.29) is 13.2 Å². The molecule has 0 aliphatic carbocycles. The fourth-order valence-electron chi connectivity index (χ4n) is 2.42. The Morgan fingerprint density at radius 2 is 1.07 bits per heavy atom. The van der Waals surface area contributed by atoms with Gasteiger partial charge in [-0.15, -0.1) is 0 Å². The topological polar surface area (TPSA) is 89.5 Å². The zero-order valence-electron chi connectivity index (χ0n) is 17.9. The quantitative estimate of drug-likeness (QED) is 0.238. The maximum absolute atomic E-state index is 12.3. The first kappa shape index (κ1) is 26.8. The summed E-state index contributed by atoms with van der Waals surface area (Å²) in [5.74, 6) is -1.92.